The molecule has 4 rings (SSSR count). The van der Waals surface area contributed by atoms with Gasteiger partial charge in [-0.25, -0.2) is 9.97 Å². The van der Waals surface area contributed by atoms with Crippen LogP contribution in [-0.2, 0) is 6.42 Å². The fourth-order valence-electron chi connectivity index (χ4n) is 4.03. The van der Waals surface area contributed by atoms with Crippen LogP contribution in [0.15, 0.2) is 54.6 Å². The summed E-state index contributed by atoms with van der Waals surface area (Å²) in [7, 11) is 6.52. The monoisotopic (exact) mass is 489 g/mol. The number of nitrogens with zero attached hydrogens (tertiary/aromatic N) is 2. The summed E-state index contributed by atoms with van der Waals surface area (Å²) in [6, 6.07) is 17.4. The van der Waals surface area contributed by atoms with Gasteiger partial charge in [-0.3, -0.25) is 0 Å². The summed E-state index contributed by atoms with van der Waals surface area (Å²) < 4.78 is 27.7. The van der Waals surface area contributed by atoms with E-state index in [1.807, 2.05) is 55.5 Å². The van der Waals surface area contributed by atoms with Gasteiger partial charge < -0.3 is 29.0 Å². The minimum atomic E-state index is 0.513. The number of ether oxygens (including phenoxy) is 5. The van der Waals surface area contributed by atoms with Crippen molar-refractivity contribution in [1.29, 1.82) is 0 Å². The van der Waals surface area contributed by atoms with Crippen molar-refractivity contribution < 1.29 is 23.7 Å². The predicted molar refractivity (Wildman–Crippen MR) is 141 cm³/mol. The molecule has 0 spiro atoms. The molecule has 1 N–H and O–H groups in total. The van der Waals surface area contributed by atoms with Crippen LogP contribution in [0.2, 0.25) is 0 Å². The van der Waals surface area contributed by atoms with Crippen molar-refractivity contribution in [3.8, 4) is 40.1 Å². The van der Waals surface area contributed by atoms with Crippen molar-refractivity contribution in [2.45, 2.75) is 13.3 Å². The molecule has 0 atom stereocenters. The topological polar surface area (TPSA) is 84.0 Å². The zero-order valence-electron chi connectivity index (χ0n) is 21.3. The summed E-state index contributed by atoms with van der Waals surface area (Å²) >= 11 is 0. The molecule has 0 saturated carbocycles. The van der Waals surface area contributed by atoms with E-state index in [2.05, 4.69) is 11.4 Å². The maximum absolute atomic E-state index is 5.80. The molecule has 4 aromatic rings. The Labute approximate surface area is 211 Å². The highest BCUT2D eigenvalue weighted by molar-refractivity contribution is 5.93. The lowest BCUT2D eigenvalue weighted by Crippen LogP contribution is -2.09. The van der Waals surface area contributed by atoms with Gasteiger partial charge in [0.05, 0.1) is 40.6 Å². The van der Waals surface area contributed by atoms with Crippen LogP contribution in [0.3, 0.4) is 0 Å². The second-order valence-corrected chi connectivity index (χ2v) is 7.91. The van der Waals surface area contributed by atoms with Crippen LogP contribution in [-0.4, -0.2) is 51.6 Å². The highest BCUT2D eigenvalue weighted by Crippen LogP contribution is 2.37. The Hall–Kier alpha value is -4.20. The van der Waals surface area contributed by atoms with E-state index in [0.29, 0.717) is 47.8 Å². The SMILES string of the molecule is CCOc1cc2nc(-c3ccc(OC)c(OC)c3)nc(NCCc3ccccc3OC)c2cc1OC. The Morgan fingerprint density at radius 2 is 1.44 bits per heavy atom. The molecule has 0 aliphatic carbocycles. The smallest absolute Gasteiger partial charge is 0.163 e. The fourth-order valence-corrected chi connectivity index (χ4v) is 4.03. The number of anilines is 1. The van der Waals surface area contributed by atoms with Gasteiger partial charge in [0.1, 0.15) is 11.6 Å². The van der Waals surface area contributed by atoms with Crippen molar-refractivity contribution >= 4 is 16.7 Å². The van der Waals surface area contributed by atoms with Crippen LogP contribution >= 0.6 is 0 Å². The maximum atomic E-state index is 5.80. The minimum absolute atomic E-state index is 0.513. The van der Waals surface area contributed by atoms with Crippen molar-refractivity contribution in [3.63, 3.8) is 0 Å². The van der Waals surface area contributed by atoms with Gasteiger partial charge in [0.15, 0.2) is 28.8 Å². The van der Waals surface area contributed by atoms with Crippen molar-refractivity contribution in [1.82, 2.24) is 9.97 Å². The van der Waals surface area contributed by atoms with E-state index in [1.165, 1.54) is 0 Å². The van der Waals surface area contributed by atoms with E-state index >= 15 is 0 Å². The van der Waals surface area contributed by atoms with Gasteiger partial charge in [0.2, 0.25) is 0 Å². The first-order valence-electron chi connectivity index (χ1n) is 11.7. The number of nitrogens with one attached hydrogen (secondary N) is 1. The first kappa shape index (κ1) is 24.9. The van der Waals surface area contributed by atoms with E-state index in [-0.39, 0.29) is 0 Å². The molecular weight excluding hydrogens is 458 g/mol. The number of rotatable bonds is 11. The second-order valence-electron chi connectivity index (χ2n) is 7.91. The number of methoxy groups -OCH3 is 4. The summed E-state index contributed by atoms with van der Waals surface area (Å²) in [6.45, 7) is 3.09. The Morgan fingerprint density at radius 3 is 2.17 bits per heavy atom. The summed E-state index contributed by atoms with van der Waals surface area (Å²) in [6.07, 6.45) is 0.759. The van der Waals surface area contributed by atoms with Crippen LogP contribution in [0.5, 0.6) is 28.7 Å². The average molecular weight is 490 g/mol. The van der Waals surface area contributed by atoms with E-state index in [1.54, 1.807) is 28.4 Å². The standard InChI is InChI=1S/C28H31N3O5/c1-6-36-26-17-21-20(16-25(26)35-5)28(29-14-13-18-9-7-8-10-22(18)32-2)31-27(30-21)19-11-12-23(33-3)24(15-19)34-4/h7-12,15-17H,6,13-14H2,1-5H3,(H,29,30,31). The van der Waals surface area contributed by atoms with Gasteiger partial charge >= 0.3 is 0 Å². The van der Waals surface area contributed by atoms with Crippen LogP contribution in [0.25, 0.3) is 22.3 Å². The Morgan fingerprint density at radius 1 is 0.722 bits per heavy atom. The molecule has 1 aromatic heterocycles. The Balaban J connectivity index is 1.77. The van der Waals surface area contributed by atoms with Crippen LogP contribution in [0, 0.1) is 0 Å². The third kappa shape index (κ3) is 5.22. The second kappa shape index (κ2) is 11.5. The summed E-state index contributed by atoms with van der Waals surface area (Å²) in [5.74, 6) is 4.61. The van der Waals surface area contributed by atoms with Crippen molar-refractivity contribution in [3.05, 3.63) is 60.2 Å². The fraction of sp³-hybridized carbons (Fsp3) is 0.286. The lowest BCUT2D eigenvalue weighted by Gasteiger charge is -2.15. The lowest BCUT2D eigenvalue weighted by atomic mass is 10.1. The van der Waals surface area contributed by atoms with Crippen molar-refractivity contribution in [2.75, 3.05) is 46.9 Å². The quantitative estimate of drug-likeness (QED) is 0.300. The van der Waals surface area contributed by atoms with Crippen LogP contribution in [0.4, 0.5) is 5.82 Å². The van der Waals surface area contributed by atoms with Crippen LogP contribution < -0.4 is 29.0 Å². The molecule has 188 valence electrons. The van der Waals surface area contributed by atoms with E-state index in [0.717, 1.165) is 34.2 Å². The number of para-hydroxylation sites is 1. The van der Waals surface area contributed by atoms with Gasteiger partial charge in [0.25, 0.3) is 0 Å². The zero-order valence-corrected chi connectivity index (χ0v) is 21.3. The number of fused-ring (bicyclic) bond motifs is 1. The predicted octanol–water partition coefficient (Wildman–Crippen LogP) is 5.38. The average Bonchev–Trinajstić information content (AvgIpc) is 2.92. The third-order valence-electron chi connectivity index (χ3n) is 5.80. The van der Waals surface area contributed by atoms with E-state index in [9.17, 15) is 0 Å². The maximum Gasteiger partial charge on any atom is 0.163 e. The van der Waals surface area contributed by atoms with Gasteiger partial charge in [-0.05, 0) is 49.2 Å². The number of hydrogen-bond donors (Lipinski definition) is 1. The molecule has 8 heteroatoms. The normalized spacial score (nSPS) is 10.7. The summed E-state index contributed by atoms with van der Waals surface area (Å²) in [5, 5.41) is 4.33. The molecule has 0 radical (unpaired) electrons. The molecule has 3 aromatic carbocycles. The first-order valence-corrected chi connectivity index (χ1v) is 11.7. The van der Waals surface area contributed by atoms with Gasteiger partial charge in [-0.15, -0.1) is 0 Å². The number of hydrogen-bond acceptors (Lipinski definition) is 8. The van der Waals surface area contributed by atoms with Gasteiger partial charge in [-0.1, -0.05) is 18.2 Å². The highest BCUT2D eigenvalue weighted by Gasteiger charge is 2.16. The first-order chi connectivity index (χ1) is 17.6. The molecular formula is C28H31N3O5. The molecule has 1 heterocycles. The van der Waals surface area contributed by atoms with E-state index in [4.69, 9.17) is 33.7 Å². The molecule has 0 fully saturated rings. The lowest BCUT2D eigenvalue weighted by molar-refractivity contribution is 0.311. The largest absolute Gasteiger partial charge is 0.496 e. The Bertz CT molecular complexity index is 1340. The van der Waals surface area contributed by atoms with Gasteiger partial charge in [-0.2, -0.15) is 0 Å². The van der Waals surface area contributed by atoms with Gasteiger partial charge in [0, 0.05) is 23.6 Å². The van der Waals surface area contributed by atoms with E-state index < -0.39 is 0 Å². The molecule has 0 aliphatic rings. The molecule has 0 bridgehead atoms. The summed E-state index contributed by atoms with van der Waals surface area (Å²) in [4.78, 5) is 9.73. The third-order valence-corrected chi connectivity index (χ3v) is 5.80. The minimum Gasteiger partial charge on any atom is -0.496 e. The Kier molecular flexibility index (Phi) is 7.95. The molecule has 0 unspecified atom stereocenters. The van der Waals surface area contributed by atoms with Crippen molar-refractivity contribution in [2.24, 2.45) is 0 Å². The number of benzene rings is 3. The molecule has 0 aliphatic heterocycles. The molecule has 36 heavy (non-hydrogen) atoms. The molecule has 0 amide bonds. The molecule has 0 saturated heterocycles. The highest BCUT2D eigenvalue weighted by atomic mass is 16.5. The molecule has 8 nitrogen and oxygen atoms in total. The number of aromatic nitrogens is 2. The summed E-state index contributed by atoms with van der Waals surface area (Å²) in [5.41, 5.74) is 2.65. The van der Waals surface area contributed by atoms with Crippen LogP contribution in [0.1, 0.15) is 12.5 Å². The zero-order chi connectivity index (χ0) is 25.5.